The molecule has 7 nitrogen and oxygen atoms in total. The zero-order chi connectivity index (χ0) is 25.3. The Morgan fingerprint density at radius 3 is 2.75 bits per heavy atom. The summed E-state index contributed by atoms with van der Waals surface area (Å²) in [6.45, 7) is 7.87. The van der Waals surface area contributed by atoms with Crippen molar-refractivity contribution in [1.29, 1.82) is 0 Å². The first-order valence-corrected chi connectivity index (χ1v) is 13.5. The Morgan fingerprint density at radius 1 is 1.17 bits per heavy atom. The van der Waals surface area contributed by atoms with Crippen LogP contribution in [0.3, 0.4) is 0 Å². The third kappa shape index (κ3) is 5.52. The van der Waals surface area contributed by atoms with Crippen LogP contribution in [0.5, 0.6) is 0 Å². The van der Waals surface area contributed by atoms with Crippen molar-refractivity contribution in [2.75, 3.05) is 45.3 Å². The molecule has 0 spiro atoms. The summed E-state index contributed by atoms with van der Waals surface area (Å²) in [5.41, 5.74) is 7.04. The van der Waals surface area contributed by atoms with Crippen LogP contribution < -0.4 is 4.90 Å². The van der Waals surface area contributed by atoms with Gasteiger partial charge in [0.25, 0.3) is 0 Å². The number of carbonyl (C=O) groups excluding carboxylic acids is 1. The predicted molar refractivity (Wildman–Crippen MR) is 145 cm³/mol. The lowest BCUT2D eigenvalue weighted by Gasteiger charge is -2.29. The van der Waals surface area contributed by atoms with Crippen molar-refractivity contribution in [3.8, 4) is 11.4 Å². The minimum atomic E-state index is 0.218. The van der Waals surface area contributed by atoms with Crippen molar-refractivity contribution < 1.29 is 9.53 Å². The van der Waals surface area contributed by atoms with Crippen LogP contribution >= 0.6 is 0 Å². The number of ether oxygens (including phenoxy) is 1. The van der Waals surface area contributed by atoms with E-state index in [1.165, 1.54) is 17.7 Å². The fraction of sp³-hybridized carbons (Fsp3) is 0.586. The third-order valence-electron chi connectivity index (χ3n) is 7.93. The van der Waals surface area contributed by atoms with E-state index >= 15 is 0 Å². The van der Waals surface area contributed by atoms with E-state index in [9.17, 15) is 4.79 Å². The number of benzene rings is 1. The lowest BCUT2D eigenvalue weighted by atomic mass is 9.76. The van der Waals surface area contributed by atoms with Crippen LogP contribution in [-0.4, -0.2) is 66.4 Å². The molecular formula is C29H41N5O2. The SMILES string of the molecule is CN(C)CCCN(C(=O)CC1CCOCC1)c1ccc2cc(-c3n[nH]c4c3CCC(C)(C)C4)[nH]c2c1. The summed E-state index contributed by atoms with van der Waals surface area (Å²) in [6.07, 6.45) is 6.74. The van der Waals surface area contributed by atoms with E-state index in [1.807, 2.05) is 4.90 Å². The lowest BCUT2D eigenvalue weighted by Crippen LogP contribution is -2.35. The fourth-order valence-electron chi connectivity index (χ4n) is 5.73. The van der Waals surface area contributed by atoms with Gasteiger partial charge in [-0.15, -0.1) is 0 Å². The Hall–Kier alpha value is -2.64. The van der Waals surface area contributed by atoms with Gasteiger partial charge in [-0.05, 0) is 88.7 Å². The van der Waals surface area contributed by atoms with Gasteiger partial charge in [-0.1, -0.05) is 19.9 Å². The van der Waals surface area contributed by atoms with Crippen molar-refractivity contribution in [3.05, 3.63) is 35.5 Å². The number of rotatable bonds is 8. The van der Waals surface area contributed by atoms with Crippen LogP contribution in [0.4, 0.5) is 5.69 Å². The molecule has 0 saturated carbocycles. The average molecular weight is 492 g/mol. The maximum Gasteiger partial charge on any atom is 0.227 e. The maximum atomic E-state index is 13.5. The van der Waals surface area contributed by atoms with E-state index in [2.05, 4.69) is 67.2 Å². The predicted octanol–water partition coefficient (Wildman–Crippen LogP) is 5.17. The molecule has 0 atom stereocenters. The molecule has 1 aliphatic carbocycles. The number of nitrogens with one attached hydrogen (secondary N) is 2. The number of carbonyl (C=O) groups is 1. The molecule has 3 aromatic rings. The number of anilines is 1. The first-order chi connectivity index (χ1) is 17.3. The van der Waals surface area contributed by atoms with Gasteiger partial charge in [0.15, 0.2) is 0 Å². The molecule has 1 aromatic carbocycles. The number of hydrogen-bond acceptors (Lipinski definition) is 4. The number of amides is 1. The zero-order valence-corrected chi connectivity index (χ0v) is 22.3. The highest BCUT2D eigenvalue weighted by Gasteiger charge is 2.29. The molecule has 1 fully saturated rings. The van der Waals surface area contributed by atoms with Crippen molar-refractivity contribution in [2.45, 2.75) is 58.8 Å². The zero-order valence-electron chi connectivity index (χ0n) is 22.3. The topological polar surface area (TPSA) is 77.2 Å². The highest BCUT2D eigenvalue weighted by molar-refractivity contribution is 5.96. The van der Waals surface area contributed by atoms with Crippen LogP contribution in [0.25, 0.3) is 22.3 Å². The van der Waals surface area contributed by atoms with Crippen molar-refractivity contribution >= 4 is 22.5 Å². The van der Waals surface area contributed by atoms with E-state index in [-0.39, 0.29) is 5.91 Å². The van der Waals surface area contributed by atoms with Gasteiger partial charge in [-0.2, -0.15) is 5.10 Å². The second-order valence-corrected chi connectivity index (χ2v) is 11.8. The quantitative estimate of drug-likeness (QED) is 0.456. The van der Waals surface area contributed by atoms with Gasteiger partial charge in [-0.25, -0.2) is 0 Å². The normalized spacial score (nSPS) is 18.0. The van der Waals surface area contributed by atoms with Gasteiger partial charge >= 0.3 is 0 Å². The number of aromatic amines is 2. The van der Waals surface area contributed by atoms with E-state index in [1.54, 1.807) is 0 Å². The molecule has 0 radical (unpaired) electrons. The molecule has 0 unspecified atom stereocenters. The molecule has 1 aliphatic heterocycles. The molecule has 7 heteroatoms. The van der Waals surface area contributed by atoms with E-state index in [0.29, 0.717) is 17.8 Å². The minimum Gasteiger partial charge on any atom is -0.381 e. The van der Waals surface area contributed by atoms with E-state index < -0.39 is 0 Å². The Balaban J connectivity index is 1.40. The second kappa shape index (κ2) is 10.4. The summed E-state index contributed by atoms with van der Waals surface area (Å²) < 4.78 is 5.50. The average Bonchev–Trinajstić information content (AvgIpc) is 3.44. The molecule has 5 rings (SSSR count). The van der Waals surface area contributed by atoms with Crippen LogP contribution in [-0.2, 0) is 22.4 Å². The van der Waals surface area contributed by atoms with Gasteiger partial charge in [0.05, 0.1) is 5.69 Å². The molecular weight excluding hydrogens is 450 g/mol. The van der Waals surface area contributed by atoms with Crippen LogP contribution in [0, 0.1) is 11.3 Å². The van der Waals surface area contributed by atoms with Crippen molar-refractivity contribution in [3.63, 3.8) is 0 Å². The summed E-state index contributed by atoms with van der Waals surface area (Å²) in [5.74, 6) is 0.634. The standard InChI is InChI=1S/C29H41N5O2/c1-29(2)11-8-23-26(19-29)31-32-28(23)25-17-21-6-7-22(18-24(21)30-25)34(13-5-12-33(3)4)27(35)16-20-9-14-36-15-10-20/h6-7,17-18,20,30H,5,8-16,19H2,1-4H3,(H,31,32). The van der Waals surface area contributed by atoms with Crippen LogP contribution in [0.15, 0.2) is 24.3 Å². The molecule has 1 saturated heterocycles. The Kier molecular flexibility index (Phi) is 7.22. The number of nitrogens with zero attached hydrogens (tertiary/aromatic N) is 3. The molecule has 1 amide bonds. The minimum absolute atomic E-state index is 0.218. The van der Waals surface area contributed by atoms with Gasteiger partial charge < -0.3 is 19.5 Å². The molecule has 0 bridgehead atoms. The molecule has 2 aromatic heterocycles. The molecule has 36 heavy (non-hydrogen) atoms. The number of hydrogen-bond donors (Lipinski definition) is 2. The van der Waals surface area contributed by atoms with Crippen molar-refractivity contribution in [1.82, 2.24) is 20.1 Å². The monoisotopic (exact) mass is 491 g/mol. The third-order valence-corrected chi connectivity index (χ3v) is 7.93. The smallest absolute Gasteiger partial charge is 0.227 e. The Bertz CT molecular complexity index is 1200. The van der Waals surface area contributed by atoms with Gasteiger partial charge in [0.2, 0.25) is 5.91 Å². The second-order valence-electron chi connectivity index (χ2n) is 11.8. The van der Waals surface area contributed by atoms with Gasteiger partial charge in [0.1, 0.15) is 5.69 Å². The van der Waals surface area contributed by atoms with Crippen LogP contribution in [0.1, 0.15) is 57.2 Å². The first-order valence-electron chi connectivity index (χ1n) is 13.5. The summed E-state index contributed by atoms with van der Waals surface area (Å²) >= 11 is 0. The highest BCUT2D eigenvalue weighted by atomic mass is 16.5. The maximum absolute atomic E-state index is 13.5. The van der Waals surface area contributed by atoms with Gasteiger partial charge in [0, 0.05) is 54.0 Å². The number of fused-ring (bicyclic) bond motifs is 2. The molecule has 2 N–H and O–H groups in total. The van der Waals surface area contributed by atoms with Gasteiger partial charge in [-0.3, -0.25) is 9.89 Å². The van der Waals surface area contributed by atoms with Crippen LogP contribution in [0.2, 0.25) is 0 Å². The lowest BCUT2D eigenvalue weighted by molar-refractivity contribution is -0.120. The summed E-state index contributed by atoms with van der Waals surface area (Å²) in [6, 6.07) is 8.56. The summed E-state index contributed by atoms with van der Waals surface area (Å²) in [7, 11) is 4.16. The largest absolute Gasteiger partial charge is 0.381 e. The fourth-order valence-corrected chi connectivity index (χ4v) is 5.73. The number of aromatic nitrogens is 3. The molecule has 194 valence electrons. The number of H-pyrrole nitrogens is 2. The van der Waals surface area contributed by atoms with Crippen molar-refractivity contribution in [2.24, 2.45) is 11.3 Å². The summed E-state index contributed by atoms with van der Waals surface area (Å²) in [5, 5.41) is 9.15. The Morgan fingerprint density at radius 2 is 1.97 bits per heavy atom. The molecule has 3 heterocycles. The van der Waals surface area contributed by atoms with E-state index in [0.717, 1.165) is 86.4 Å². The van der Waals surface area contributed by atoms with E-state index in [4.69, 9.17) is 9.84 Å². The first kappa shape index (κ1) is 25.0. The Labute approximate surface area is 214 Å². The highest BCUT2D eigenvalue weighted by Crippen LogP contribution is 2.38. The molecule has 2 aliphatic rings. The summed E-state index contributed by atoms with van der Waals surface area (Å²) in [4.78, 5) is 21.3.